The predicted octanol–water partition coefficient (Wildman–Crippen LogP) is 4.02. The van der Waals surface area contributed by atoms with Gasteiger partial charge in [0.25, 0.3) is 5.91 Å². The van der Waals surface area contributed by atoms with Crippen LogP contribution in [0.4, 0.5) is 5.13 Å². The Morgan fingerprint density at radius 3 is 2.29 bits per heavy atom. The number of carbonyl (C=O) groups is 1. The Morgan fingerprint density at radius 1 is 1.05 bits per heavy atom. The Hall–Kier alpha value is -2.41. The molecule has 11 heteroatoms. The van der Waals surface area contributed by atoms with Crippen molar-refractivity contribution >= 4 is 42.6 Å². The number of fused-ring (bicyclic) bond motifs is 1. The van der Waals surface area contributed by atoms with E-state index in [0.717, 1.165) is 34.2 Å². The Labute approximate surface area is 228 Å². The van der Waals surface area contributed by atoms with Crippen molar-refractivity contribution in [3.63, 3.8) is 0 Å². The maximum absolute atomic E-state index is 13.8. The van der Waals surface area contributed by atoms with Crippen LogP contribution < -0.4 is 4.90 Å². The standard InChI is InChI=1S/C27H35N3O6S2/c1-19-7-8-20(2)25-24(19)28-27(37-25)30(18-22-6-5-15-36-22)26(31)21-9-11-23(12-10-21)38(32,33)29(13-16-34-3)14-17-35-4/h7-12,22H,5-6,13-18H2,1-4H3. The summed E-state index contributed by atoms with van der Waals surface area (Å²) >= 11 is 1.49. The van der Waals surface area contributed by atoms with E-state index in [0.29, 0.717) is 23.8 Å². The molecular weight excluding hydrogens is 526 g/mol. The summed E-state index contributed by atoms with van der Waals surface area (Å²) in [7, 11) is -0.736. The highest BCUT2D eigenvalue weighted by molar-refractivity contribution is 7.89. The molecule has 1 aliphatic rings. The second-order valence-corrected chi connectivity index (χ2v) is 12.3. The number of thiazole rings is 1. The number of ether oxygens (including phenoxy) is 3. The van der Waals surface area contributed by atoms with Crippen LogP contribution in [-0.2, 0) is 24.2 Å². The number of anilines is 1. The van der Waals surface area contributed by atoms with Gasteiger partial charge in [-0.3, -0.25) is 9.69 Å². The molecule has 1 amide bonds. The minimum atomic E-state index is -3.79. The second-order valence-electron chi connectivity index (χ2n) is 9.34. The summed E-state index contributed by atoms with van der Waals surface area (Å²) < 4.78 is 44.9. The third-order valence-corrected chi connectivity index (χ3v) is 9.77. The van der Waals surface area contributed by atoms with Crippen LogP contribution in [0.3, 0.4) is 0 Å². The first-order chi connectivity index (χ1) is 18.3. The lowest BCUT2D eigenvalue weighted by molar-refractivity contribution is 0.0917. The van der Waals surface area contributed by atoms with Gasteiger partial charge in [-0.25, -0.2) is 13.4 Å². The van der Waals surface area contributed by atoms with Crippen LogP contribution in [0.15, 0.2) is 41.3 Å². The molecule has 3 aromatic rings. The summed E-state index contributed by atoms with van der Waals surface area (Å²) in [5.74, 6) is -0.241. The lowest BCUT2D eigenvalue weighted by Gasteiger charge is -2.24. The third-order valence-electron chi connectivity index (χ3n) is 6.65. The molecule has 2 heterocycles. The van der Waals surface area contributed by atoms with Gasteiger partial charge in [0.05, 0.1) is 41.0 Å². The van der Waals surface area contributed by atoms with E-state index in [2.05, 4.69) is 6.07 Å². The molecule has 0 aliphatic carbocycles. The number of amides is 1. The van der Waals surface area contributed by atoms with Gasteiger partial charge in [0.2, 0.25) is 10.0 Å². The van der Waals surface area contributed by atoms with Crippen LogP contribution in [0.25, 0.3) is 10.2 Å². The van der Waals surface area contributed by atoms with Gasteiger partial charge in [-0.05, 0) is 62.1 Å². The molecule has 0 radical (unpaired) electrons. The lowest BCUT2D eigenvalue weighted by atomic mass is 10.1. The first-order valence-corrected chi connectivity index (χ1v) is 14.9. The number of methoxy groups -OCH3 is 2. The van der Waals surface area contributed by atoms with Gasteiger partial charge in [0, 0.05) is 39.5 Å². The normalized spacial score (nSPS) is 16.0. The first kappa shape index (κ1) is 28.6. The number of rotatable bonds is 12. The van der Waals surface area contributed by atoms with E-state index in [-0.39, 0.29) is 43.2 Å². The monoisotopic (exact) mass is 561 g/mol. The summed E-state index contributed by atoms with van der Waals surface area (Å²) in [6.45, 7) is 6.05. The van der Waals surface area contributed by atoms with Crippen LogP contribution in [0, 0.1) is 13.8 Å². The van der Waals surface area contributed by atoms with Crippen molar-refractivity contribution in [2.24, 2.45) is 0 Å². The minimum Gasteiger partial charge on any atom is -0.383 e. The molecule has 1 aliphatic heterocycles. The van der Waals surface area contributed by atoms with E-state index in [4.69, 9.17) is 19.2 Å². The number of hydrogen-bond donors (Lipinski definition) is 0. The van der Waals surface area contributed by atoms with Gasteiger partial charge in [-0.15, -0.1) is 0 Å². The minimum absolute atomic E-state index is 0.0667. The molecule has 1 fully saturated rings. The first-order valence-electron chi connectivity index (χ1n) is 12.6. The number of carbonyl (C=O) groups excluding carboxylic acids is 1. The molecule has 0 saturated carbocycles. The molecular formula is C27H35N3O6S2. The smallest absolute Gasteiger partial charge is 0.260 e. The van der Waals surface area contributed by atoms with Crippen LogP contribution in [0.5, 0.6) is 0 Å². The largest absolute Gasteiger partial charge is 0.383 e. The summed E-state index contributed by atoms with van der Waals surface area (Å²) in [4.78, 5) is 20.4. The Morgan fingerprint density at radius 2 is 1.71 bits per heavy atom. The van der Waals surface area contributed by atoms with Gasteiger partial charge in [-0.1, -0.05) is 23.5 Å². The van der Waals surface area contributed by atoms with Crippen molar-refractivity contribution in [1.29, 1.82) is 0 Å². The summed E-state index contributed by atoms with van der Waals surface area (Å²) in [6.07, 6.45) is 1.77. The number of sulfonamides is 1. The van der Waals surface area contributed by atoms with E-state index in [9.17, 15) is 13.2 Å². The fraction of sp³-hybridized carbons (Fsp3) is 0.481. The van der Waals surface area contributed by atoms with E-state index >= 15 is 0 Å². The Balaban J connectivity index is 1.63. The second kappa shape index (κ2) is 12.6. The van der Waals surface area contributed by atoms with Crippen molar-refractivity contribution in [3.8, 4) is 0 Å². The lowest BCUT2D eigenvalue weighted by Crippen LogP contribution is -2.38. The average Bonchev–Trinajstić information content (AvgIpc) is 3.60. The maximum atomic E-state index is 13.8. The van der Waals surface area contributed by atoms with E-state index in [1.54, 1.807) is 17.0 Å². The summed E-state index contributed by atoms with van der Waals surface area (Å²) in [6, 6.07) is 10.2. The Bertz CT molecular complexity index is 1300. The van der Waals surface area contributed by atoms with E-state index in [1.165, 1.54) is 42.0 Å². The highest BCUT2D eigenvalue weighted by Gasteiger charge is 2.29. The fourth-order valence-corrected chi connectivity index (χ4v) is 6.94. The quantitative estimate of drug-likeness (QED) is 0.329. The molecule has 0 N–H and O–H groups in total. The molecule has 9 nitrogen and oxygen atoms in total. The van der Waals surface area contributed by atoms with Gasteiger partial charge < -0.3 is 14.2 Å². The van der Waals surface area contributed by atoms with Crippen molar-refractivity contribution < 1.29 is 27.4 Å². The highest BCUT2D eigenvalue weighted by Crippen LogP contribution is 2.34. The molecule has 0 bridgehead atoms. The fourth-order valence-electron chi connectivity index (χ4n) is 4.42. The van der Waals surface area contributed by atoms with Crippen LogP contribution in [0.1, 0.15) is 34.3 Å². The molecule has 38 heavy (non-hydrogen) atoms. The van der Waals surface area contributed by atoms with E-state index in [1.807, 2.05) is 19.9 Å². The summed E-state index contributed by atoms with van der Waals surface area (Å²) in [5.41, 5.74) is 3.44. The molecule has 206 valence electrons. The molecule has 1 atom stereocenters. The van der Waals surface area contributed by atoms with Crippen LogP contribution in [-0.4, -0.2) is 83.4 Å². The van der Waals surface area contributed by atoms with Crippen molar-refractivity contribution in [3.05, 3.63) is 53.1 Å². The average molecular weight is 562 g/mol. The maximum Gasteiger partial charge on any atom is 0.260 e. The van der Waals surface area contributed by atoms with Gasteiger partial charge in [0.15, 0.2) is 5.13 Å². The number of aryl methyl sites for hydroxylation is 2. The number of aromatic nitrogens is 1. The zero-order chi connectivity index (χ0) is 27.3. The summed E-state index contributed by atoms with van der Waals surface area (Å²) in [5, 5.41) is 0.611. The van der Waals surface area contributed by atoms with Crippen molar-refractivity contribution in [1.82, 2.24) is 9.29 Å². The Kier molecular flexibility index (Phi) is 9.50. The van der Waals surface area contributed by atoms with Crippen molar-refractivity contribution in [2.75, 3.05) is 58.6 Å². The molecule has 1 aromatic heterocycles. The molecule has 1 saturated heterocycles. The number of benzene rings is 2. The van der Waals surface area contributed by atoms with Crippen molar-refractivity contribution in [2.45, 2.75) is 37.7 Å². The third kappa shape index (κ3) is 6.24. The molecule has 4 rings (SSSR count). The highest BCUT2D eigenvalue weighted by atomic mass is 32.2. The van der Waals surface area contributed by atoms with Gasteiger partial charge in [-0.2, -0.15) is 4.31 Å². The van der Waals surface area contributed by atoms with E-state index < -0.39 is 10.0 Å². The van der Waals surface area contributed by atoms with Crippen LogP contribution >= 0.6 is 11.3 Å². The van der Waals surface area contributed by atoms with Gasteiger partial charge in [0.1, 0.15) is 0 Å². The van der Waals surface area contributed by atoms with Crippen LogP contribution in [0.2, 0.25) is 0 Å². The topological polar surface area (TPSA) is 98.3 Å². The molecule has 2 aromatic carbocycles. The zero-order valence-electron chi connectivity index (χ0n) is 22.3. The molecule has 0 spiro atoms. The van der Waals surface area contributed by atoms with Gasteiger partial charge >= 0.3 is 0 Å². The predicted molar refractivity (Wildman–Crippen MR) is 149 cm³/mol. The number of nitrogens with zero attached hydrogens (tertiary/aromatic N) is 3. The molecule has 1 unspecified atom stereocenters. The SMILES string of the molecule is COCCN(CCOC)S(=O)(=O)c1ccc(C(=O)N(CC2CCCO2)c2nc3c(C)ccc(C)c3s2)cc1. The number of hydrogen-bond acceptors (Lipinski definition) is 8. The zero-order valence-corrected chi connectivity index (χ0v) is 23.9.